The minimum atomic E-state index is 0.451. The Kier molecular flexibility index (Phi) is 2.48. The molecule has 3 N–H and O–H groups in total. The molecule has 2 aromatic heterocycles. The number of H-pyrrole nitrogens is 1. The summed E-state index contributed by atoms with van der Waals surface area (Å²) in [5.41, 5.74) is 6.47. The molecule has 0 spiro atoms. The van der Waals surface area contributed by atoms with Crippen LogP contribution in [0.4, 0.5) is 0 Å². The first kappa shape index (κ1) is 8.93. The predicted octanol–water partition coefficient (Wildman–Crippen LogP) is 2.36. The number of aromatic nitrogens is 2. The summed E-state index contributed by atoms with van der Waals surface area (Å²) in [6, 6.07) is 4.06. The summed E-state index contributed by atoms with van der Waals surface area (Å²) in [4.78, 5) is 8.44. The third-order valence-electron chi connectivity index (χ3n) is 1.66. The van der Waals surface area contributed by atoms with E-state index in [4.69, 9.17) is 5.73 Å². The van der Waals surface area contributed by atoms with Crippen LogP contribution in [0, 0.1) is 0 Å². The molecule has 68 valence electrons. The molecule has 0 aliphatic rings. The highest BCUT2D eigenvalue weighted by molar-refractivity contribution is 9.11. The number of hydrogen-bond donors (Lipinski definition) is 2. The molecule has 0 aromatic carbocycles. The number of nitrogens with one attached hydrogen (secondary N) is 1. The second kappa shape index (κ2) is 3.61. The van der Waals surface area contributed by atoms with Gasteiger partial charge in [0.1, 0.15) is 5.82 Å². The van der Waals surface area contributed by atoms with E-state index in [-0.39, 0.29) is 0 Å². The van der Waals surface area contributed by atoms with Crippen LogP contribution in [0.5, 0.6) is 0 Å². The molecule has 13 heavy (non-hydrogen) atoms. The average molecular weight is 258 g/mol. The average Bonchev–Trinajstić information content (AvgIpc) is 2.71. The molecule has 0 saturated heterocycles. The van der Waals surface area contributed by atoms with Crippen molar-refractivity contribution in [3.05, 3.63) is 27.9 Å². The Morgan fingerprint density at radius 2 is 2.38 bits per heavy atom. The standard InChI is InChI=1S/C8H8BrN3S/c9-7-2-1-6(13-7)5-4-11-8(3-10)12-5/h1-2,4H,3,10H2,(H,11,12). The van der Waals surface area contributed by atoms with Crippen LogP contribution >= 0.6 is 27.3 Å². The monoisotopic (exact) mass is 257 g/mol. The third-order valence-corrected chi connectivity index (χ3v) is 3.32. The number of nitrogens with two attached hydrogens (primary N) is 1. The molecule has 0 atom stereocenters. The van der Waals surface area contributed by atoms with Crippen LogP contribution in [0.15, 0.2) is 22.1 Å². The first-order valence-corrected chi connectivity index (χ1v) is 5.40. The zero-order valence-corrected chi connectivity index (χ0v) is 9.15. The van der Waals surface area contributed by atoms with Gasteiger partial charge in [-0.2, -0.15) is 0 Å². The van der Waals surface area contributed by atoms with Crippen molar-refractivity contribution in [1.82, 2.24) is 9.97 Å². The fraction of sp³-hybridized carbons (Fsp3) is 0.125. The van der Waals surface area contributed by atoms with Crippen LogP contribution in [0.2, 0.25) is 0 Å². The molecular formula is C8H8BrN3S. The van der Waals surface area contributed by atoms with E-state index in [0.717, 1.165) is 15.3 Å². The molecular weight excluding hydrogens is 250 g/mol. The number of nitrogens with zero attached hydrogens (tertiary/aromatic N) is 1. The quantitative estimate of drug-likeness (QED) is 0.868. The number of hydrogen-bond acceptors (Lipinski definition) is 3. The van der Waals surface area contributed by atoms with Crippen molar-refractivity contribution in [2.45, 2.75) is 6.54 Å². The molecule has 0 amide bonds. The predicted molar refractivity (Wildman–Crippen MR) is 57.5 cm³/mol. The summed E-state index contributed by atoms with van der Waals surface area (Å²) in [6.45, 7) is 0.451. The van der Waals surface area contributed by atoms with Crippen molar-refractivity contribution in [1.29, 1.82) is 0 Å². The Morgan fingerprint density at radius 3 is 2.92 bits per heavy atom. The fourth-order valence-electron chi connectivity index (χ4n) is 1.05. The summed E-state index contributed by atoms with van der Waals surface area (Å²) in [7, 11) is 0. The minimum Gasteiger partial charge on any atom is -0.340 e. The summed E-state index contributed by atoms with van der Waals surface area (Å²) in [6.07, 6.45) is 1.81. The molecule has 0 aliphatic carbocycles. The lowest BCUT2D eigenvalue weighted by Gasteiger charge is -1.89. The van der Waals surface area contributed by atoms with E-state index in [1.165, 1.54) is 4.88 Å². The van der Waals surface area contributed by atoms with Gasteiger partial charge in [0.15, 0.2) is 0 Å². The molecule has 3 nitrogen and oxygen atoms in total. The molecule has 0 unspecified atom stereocenters. The topological polar surface area (TPSA) is 54.7 Å². The number of aromatic amines is 1. The van der Waals surface area contributed by atoms with Gasteiger partial charge in [-0.05, 0) is 28.1 Å². The van der Waals surface area contributed by atoms with E-state index >= 15 is 0 Å². The van der Waals surface area contributed by atoms with Crippen LogP contribution in [0.3, 0.4) is 0 Å². The van der Waals surface area contributed by atoms with Gasteiger partial charge in [-0.25, -0.2) is 4.98 Å². The Bertz CT molecular complexity index is 407. The second-order valence-corrected chi connectivity index (χ2v) is 5.01. The smallest absolute Gasteiger partial charge is 0.120 e. The van der Waals surface area contributed by atoms with E-state index in [9.17, 15) is 0 Å². The molecule has 0 radical (unpaired) electrons. The van der Waals surface area contributed by atoms with Gasteiger partial charge in [0.05, 0.1) is 27.1 Å². The normalized spacial score (nSPS) is 10.6. The molecule has 0 saturated carbocycles. The zero-order chi connectivity index (χ0) is 9.26. The van der Waals surface area contributed by atoms with Crippen LogP contribution in [0.1, 0.15) is 5.82 Å². The molecule has 2 rings (SSSR count). The lowest BCUT2D eigenvalue weighted by Crippen LogP contribution is -1.97. The molecule has 0 aliphatic heterocycles. The molecule has 5 heteroatoms. The largest absolute Gasteiger partial charge is 0.340 e. The van der Waals surface area contributed by atoms with Crippen molar-refractivity contribution >= 4 is 27.3 Å². The SMILES string of the molecule is NCc1ncc(-c2ccc(Br)s2)[nH]1. The van der Waals surface area contributed by atoms with Crippen molar-refractivity contribution in [2.24, 2.45) is 5.73 Å². The second-order valence-electron chi connectivity index (χ2n) is 2.55. The van der Waals surface area contributed by atoms with Gasteiger partial charge in [0.25, 0.3) is 0 Å². The highest BCUT2D eigenvalue weighted by Gasteiger charge is 2.04. The highest BCUT2D eigenvalue weighted by atomic mass is 79.9. The summed E-state index contributed by atoms with van der Waals surface area (Å²) in [5, 5.41) is 0. The van der Waals surface area contributed by atoms with Gasteiger partial charge in [0.2, 0.25) is 0 Å². The number of rotatable bonds is 2. The molecule has 0 fully saturated rings. The lowest BCUT2D eigenvalue weighted by atomic mass is 10.4. The van der Waals surface area contributed by atoms with Crippen LogP contribution in [-0.4, -0.2) is 9.97 Å². The van der Waals surface area contributed by atoms with Gasteiger partial charge < -0.3 is 10.7 Å². The maximum Gasteiger partial charge on any atom is 0.120 e. The Morgan fingerprint density at radius 1 is 1.54 bits per heavy atom. The van der Waals surface area contributed by atoms with Crippen molar-refractivity contribution < 1.29 is 0 Å². The van der Waals surface area contributed by atoms with Crippen LogP contribution < -0.4 is 5.73 Å². The lowest BCUT2D eigenvalue weighted by molar-refractivity contribution is 0.951. The van der Waals surface area contributed by atoms with Gasteiger partial charge in [-0.3, -0.25) is 0 Å². The first-order chi connectivity index (χ1) is 6.29. The summed E-state index contributed by atoms with van der Waals surface area (Å²) >= 11 is 5.08. The Balaban J connectivity index is 2.35. The first-order valence-electron chi connectivity index (χ1n) is 3.79. The van der Waals surface area contributed by atoms with Crippen LogP contribution in [-0.2, 0) is 6.54 Å². The highest BCUT2D eigenvalue weighted by Crippen LogP contribution is 2.29. The molecule has 2 aromatic rings. The van der Waals surface area contributed by atoms with Crippen LogP contribution in [0.25, 0.3) is 10.6 Å². The van der Waals surface area contributed by atoms with Crippen molar-refractivity contribution in [3.63, 3.8) is 0 Å². The Hall–Kier alpha value is -0.650. The minimum absolute atomic E-state index is 0.451. The van der Waals surface area contributed by atoms with Gasteiger partial charge in [-0.15, -0.1) is 11.3 Å². The van der Waals surface area contributed by atoms with E-state index in [1.807, 2.05) is 12.1 Å². The maximum absolute atomic E-state index is 5.45. The van der Waals surface area contributed by atoms with E-state index in [2.05, 4.69) is 25.9 Å². The van der Waals surface area contributed by atoms with E-state index in [0.29, 0.717) is 6.54 Å². The van der Waals surface area contributed by atoms with Gasteiger partial charge >= 0.3 is 0 Å². The zero-order valence-electron chi connectivity index (χ0n) is 6.75. The fourth-order valence-corrected chi connectivity index (χ4v) is 2.40. The van der Waals surface area contributed by atoms with E-state index < -0.39 is 0 Å². The van der Waals surface area contributed by atoms with Gasteiger partial charge in [0, 0.05) is 0 Å². The number of imidazole rings is 1. The van der Waals surface area contributed by atoms with E-state index in [1.54, 1.807) is 17.5 Å². The third kappa shape index (κ3) is 1.82. The maximum atomic E-state index is 5.45. The molecule has 0 bridgehead atoms. The van der Waals surface area contributed by atoms with Crippen molar-refractivity contribution in [3.8, 4) is 10.6 Å². The number of halogens is 1. The summed E-state index contributed by atoms with van der Waals surface area (Å²) in [5.74, 6) is 0.819. The van der Waals surface area contributed by atoms with Gasteiger partial charge in [-0.1, -0.05) is 0 Å². The number of thiophene rings is 1. The molecule has 2 heterocycles. The summed E-state index contributed by atoms with van der Waals surface area (Å²) < 4.78 is 1.12. The van der Waals surface area contributed by atoms with Crippen molar-refractivity contribution in [2.75, 3.05) is 0 Å². The Labute approximate surface area is 88.1 Å².